The molecule has 0 N–H and O–H groups in total. The number of fused-ring (bicyclic) bond motifs is 3. The number of hydrogen-bond acceptors (Lipinski definition) is 2. The Bertz CT molecular complexity index is 859. The van der Waals surface area contributed by atoms with Crippen molar-refractivity contribution < 1.29 is 9.78 Å². The Labute approximate surface area is 135 Å². The van der Waals surface area contributed by atoms with E-state index in [1.807, 2.05) is 12.1 Å². The van der Waals surface area contributed by atoms with Gasteiger partial charge in [0.05, 0.1) is 0 Å². The van der Waals surface area contributed by atoms with Gasteiger partial charge in [-0.3, -0.25) is 0 Å². The first-order chi connectivity index (χ1) is 11.4. The Kier molecular flexibility index (Phi) is 2.58. The smallest absolute Gasteiger partial charge is 0.190 e. The summed E-state index contributed by atoms with van der Waals surface area (Å²) in [5, 5.41) is 0. The van der Waals surface area contributed by atoms with Crippen molar-refractivity contribution in [2.24, 2.45) is 0 Å². The zero-order chi connectivity index (χ0) is 15.3. The summed E-state index contributed by atoms with van der Waals surface area (Å²) >= 11 is 0. The van der Waals surface area contributed by atoms with E-state index >= 15 is 0 Å². The van der Waals surface area contributed by atoms with Crippen molar-refractivity contribution >= 4 is 0 Å². The van der Waals surface area contributed by atoms with Gasteiger partial charge >= 0.3 is 0 Å². The van der Waals surface area contributed by atoms with E-state index in [1.54, 1.807) is 0 Å². The predicted octanol–water partition coefficient (Wildman–Crippen LogP) is 4.34. The third-order valence-electron chi connectivity index (χ3n) is 5.13. The van der Waals surface area contributed by atoms with Crippen molar-refractivity contribution in [3.05, 3.63) is 107 Å². The van der Waals surface area contributed by atoms with Crippen LogP contribution in [0.2, 0.25) is 0 Å². The van der Waals surface area contributed by atoms with E-state index in [0.717, 1.165) is 17.5 Å². The summed E-state index contributed by atoms with van der Waals surface area (Å²) in [4.78, 5) is 11.8. The normalized spacial score (nSPS) is 27.8. The van der Waals surface area contributed by atoms with Crippen LogP contribution in [0.1, 0.15) is 22.3 Å². The molecule has 0 spiro atoms. The molecule has 1 heterocycles. The third kappa shape index (κ3) is 1.50. The van der Waals surface area contributed by atoms with Gasteiger partial charge in [0.1, 0.15) is 0 Å². The van der Waals surface area contributed by atoms with E-state index in [9.17, 15) is 0 Å². The van der Waals surface area contributed by atoms with Crippen LogP contribution in [0.3, 0.4) is 0 Å². The molecule has 2 heteroatoms. The largest absolute Gasteiger partial charge is 0.219 e. The highest BCUT2D eigenvalue weighted by Gasteiger charge is 2.71. The van der Waals surface area contributed by atoms with Crippen LogP contribution < -0.4 is 0 Å². The van der Waals surface area contributed by atoms with Crippen LogP contribution in [0.25, 0.3) is 0 Å². The fraction of sp³-hybridized carbons (Fsp3) is 0.143. The summed E-state index contributed by atoms with van der Waals surface area (Å²) in [6, 6.07) is 29.3. The summed E-state index contributed by atoms with van der Waals surface area (Å²) < 4.78 is 0. The molecule has 0 radical (unpaired) electrons. The first-order valence-electron chi connectivity index (χ1n) is 7.93. The Morgan fingerprint density at radius 2 is 1.22 bits per heavy atom. The van der Waals surface area contributed by atoms with Gasteiger partial charge in [0.15, 0.2) is 11.2 Å². The van der Waals surface area contributed by atoms with Crippen molar-refractivity contribution in [3.8, 4) is 0 Å². The van der Waals surface area contributed by atoms with Gasteiger partial charge in [-0.1, -0.05) is 84.9 Å². The number of hydrogen-bond donors (Lipinski definition) is 0. The van der Waals surface area contributed by atoms with Crippen LogP contribution in [-0.4, -0.2) is 0 Å². The van der Waals surface area contributed by atoms with Gasteiger partial charge in [0.25, 0.3) is 0 Å². The molecule has 3 aromatic carbocycles. The van der Waals surface area contributed by atoms with Crippen molar-refractivity contribution in [2.45, 2.75) is 17.6 Å². The van der Waals surface area contributed by atoms with Gasteiger partial charge < -0.3 is 0 Å². The molecule has 23 heavy (non-hydrogen) atoms. The minimum atomic E-state index is -0.563. The first kappa shape index (κ1) is 13.1. The summed E-state index contributed by atoms with van der Waals surface area (Å²) in [5.74, 6) is 0. The molecule has 0 saturated carbocycles. The fourth-order valence-electron chi connectivity index (χ4n) is 4.10. The molecule has 1 aliphatic heterocycles. The van der Waals surface area contributed by atoms with E-state index in [0.29, 0.717) is 0 Å². The van der Waals surface area contributed by atoms with Gasteiger partial charge in [0, 0.05) is 6.42 Å². The van der Waals surface area contributed by atoms with Crippen LogP contribution in [0.5, 0.6) is 0 Å². The maximum atomic E-state index is 5.91. The molecule has 5 rings (SSSR count). The average molecular weight is 300 g/mol. The highest BCUT2D eigenvalue weighted by Crippen LogP contribution is 2.64. The predicted molar refractivity (Wildman–Crippen MR) is 87.7 cm³/mol. The second kappa shape index (κ2) is 4.54. The lowest BCUT2D eigenvalue weighted by Crippen LogP contribution is -2.60. The van der Waals surface area contributed by atoms with Gasteiger partial charge in [-0.05, 0) is 22.3 Å². The SMILES string of the molecule is c1ccc(C23Cc4ccccc4C2(c2ccccc2)OO3)cc1. The quantitative estimate of drug-likeness (QED) is 0.655. The Balaban J connectivity index is 1.81. The van der Waals surface area contributed by atoms with E-state index in [2.05, 4.69) is 72.8 Å². The van der Waals surface area contributed by atoms with E-state index in [1.165, 1.54) is 11.1 Å². The summed E-state index contributed by atoms with van der Waals surface area (Å²) in [6.07, 6.45) is 0.822. The monoisotopic (exact) mass is 300 g/mol. The summed E-state index contributed by atoms with van der Waals surface area (Å²) in [5.41, 5.74) is 3.75. The fourth-order valence-corrected chi connectivity index (χ4v) is 4.10. The second-order valence-corrected chi connectivity index (χ2v) is 6.24. The van der Waals surface area contributed by atoms with Crippen LogP contribution >= 0.6 is 0 Å². The lowest BCUT2D eigenvalue weighted by Gasteiger charge is -2.53. The standard InChI is InChI=1S/C21H16O2/c1-3-10-17(11-4-1)20-15-16-9-7-8-14-19(16)21(20,23-22-20)18-12-5-2-6-13-18/h1-14H,15H2. The minimum absolute atomic E-state index is 0.487. The highest BCUT2D eigenvalue weighted by atomic mass is 17.3. The third-order valence-corrected chi connectivity index (χ3v) is 5.13. The van der Waals surface area contributed by atoms with Gasteiger partial charge in [-0.2, -0.15) is 0 Å². The molecule has 1 fully saturated rings. The number of rotatable bonds is 2. The molecular formula is C21H16O2. The topological polar surface area (TPSA) is 18.5 Å². The van der Waals surface area contributed by atoms with E-state index in [-0.39, 0.29) is 0 Å². The second-order valence-electron chi connectivity index (χ2n) is 6.24. The maximum Gasteiger partial charge on any atom is 0.190 e. The minimum Gasteiger partial charge on any atom is -0.219 e. The molecule has 2 unspecified atom stereocenters. The molecule has 112 valence electrons. The molecule has 0 aromatic heterocycles. The molecular weight excluding hydrogens is 284 g/mol. The molecule has 0 bridgehead atoms. The lowest BCUT2D eigenvalue weighted by molar-refractivity contribution is -0.553. The Hall–Kier alpha value is -2.42. The maximum absolute atomic E-state index is 5.91. The van der Waals surface area contributed by atoms with Crippen molar-refractivity contribution in [1.29, 1.82) is 0 Å². The molecule has 1 aliphatic carbocycles. The van der Waals surface area contributed by atoms with Crippen LogP contribution in [-0.2, 0) is 27.4 Å². The zero-order valence-corrected chi connectivity index (χ0v) is 12.6. The molecule has 2 aliphatic rings. The van der Waals surface area contributed by atoms with E-state index in [4.69, 9.17) is 9.78 Å². The Morgan fingerprint density at radius 3 is 1.87 bits per heavy atom. The molecule has 2 nitrogen and oxygen atoms in total. The van der Waals surface area contributed by atoms with Gasteiger partial charge in [0.2, 0.25) is 0 Å². The Morgan fingerprint density at radius 1 is 0.609 bits per heavy atom. The lowest BCUT2D eigenvalue weighted by atomic mass is 9.72. The van der Waals surface area contributed by atoms with Crippen molar-refractivity contribution in [2.75, 3.05) is 0 Å². The van der Waals surface area contributed by atoms with E-state index < -0.39 is 11.2 Å². The van der Waals surface area contributed by atoms with Crippen LogP contribution in [0.15, 0.2) is 84.9 Å². The average Bonchev–Trinajstić information content (AvgIpc) is 2.81. The van der Waals surface area contributed by atoms with Crippen molar-refractivity contribution in [1.82, 2.24) is 0 Å². The summed E-state index contributed by atoms with van der Waals surface area (Å²) in [7, 11) is 0. The van der Waals surface area contributed by atoms with Crippen molar-refractivity contribution in [3.63, 3.8) is 0 Å². The molecule has 3 aromatic rings. The molecule has 2 atom stereocenters. The zero-order valence-electron chi connectivity index (χ0n) is 12.6. The molecule has 0 amide bonds. The highest BCUT2D eigenvalue weighted by molar-refractivity contribution is 5.55. The first-order valence-corrected chi connectivity index (χ1v) is 7.93. The van der Waals surface area contributed by atoms with Crippen LogP contribution in [0.4, 0.5) is 0 Å². The molecule has 1 saturated heterocycles. The van der Waals surface area contributed by atoms with Crippen LogP contribution in [0, 0.1) is 0 Å². The van der Waals surface area contributed by atoms with Gasteiger partial charge in [-0.25, -0.2) is 9.78 Å². The summed E-state index contributed by atoms with van der Waals surface area (Å²) in [6.45, 7) is 0. The number of benzene rings is 3. The van der Waals surface area contributed by atoms with Gasteiger partial charge in [-0.15, -0.1) is 0 Å².